The third-order valence-electron chi connectivity index (χ3n) is 3.05. The number of hydrogen-bond acceptors (Lipinski definition) is 5. The maximum Gasteiger partial charge on any atom is 0.284 e. The normalized spacial score (nSPS) is 11.0. The van der Waals surface area contributed by atoms with Gasteiger partial charge in [-0.05, 0) is 31.2 Å². The van der Waals surface area contributed by atoms with Gasteiger partial charge in [0.1, 0.15) is 12.1 Å². The van der Waals surface area contributed by atoms with Crippen molar-refractivity contribution in [3.63, 3.8) is 0 Å². The number of hydrogen-bond donors (Lipinski definition) is 0. The lowest BCUT2D eigenvalue weighted by molar-refractivity contribution is 0.579. The van der Waals surface area contributed by atoms with Gasteiger partial charge < -0.3 is 0 Å². The van der Waals surface area contributed by atoms with Crippen molar-refractivity contribution in [2.45, 2.75) is 32.2 Å². The quantitative estimate of drug-likeness (QED) is 0.721. The fraction of sp³-hybridized carbons (Fsp3) is 0.267. The van der Waals surface area contributed by atoms with Crippen LogP contribution in [-0.4, -0.2) is 32.4 Å². The molecular weight excluding hydrogens is 333 g/mol. The summed E-state index contributed by atoms with van der Waals surface area (Å²) in [6.07, 6.45) is 4.40. The van der Waals surface area contributed by atoms with E-state index in [9.17, 15) is 12.8 Å². The van der Waals surface area contributed by atoms with Crippen molar-refractivity contribution in [3.8, 4) is 11.4 Å². The van der Waals surface area contributed by atoms with E-state index < -0.39 is 15.8 Å². The number of halogens is 1. The molecule has 24 heavy (non-hydrogen) atoms. The molecule has 0 saturated heterocycles. The summed E-state index contributed by atoms with van der Waals surface area (Å²) >= 11 is 0. The van der Waals surface area contributed by atoms with Crippen LogP contribution < -0.4 is 0 Å². The first kappa shape index (κ1) is 17.8. The Bertz CT molecular complexity index is 900. The van der Waals surface area contributed by atoms with E-state index in [-0.39, 0.29) is 10.7 Å². The molecule has 0 spiro atoms. The number of benzene rings is 1. The Hall–Kier alpha value is -2.55. The molecule has 0 N–H and O–H groups in total. The first-order chi connectivity index (χ1) is 11.5. The SMILES string of the molecule is CC.CCn1cc(-c2ncn(S(=O)(=O)c3ccc(F)cc3)n2)cn1. The highest BCUT2D eigenvalue weighted by Crippen LogP contribution is 2.17. The van der Waals surface area contributed by atoms with Crippen molar-refractivity contribution in [1.82, 2.24) is 24.0 Å². The highest BCUT2D eigenvalue weighted by molar-refractivity contribution is 7.89. The van der Waals surface area contributed by atoms with Crippen molar-refractivity contribution in [2.75, 3.05) is 0 Å². The van der Waals surface area contributed by atoms with Gasteiger partial charge in [-0.1, -0.05) is 13.8 Å². The maximum atomic E-state index is 12.9. The lowest BCUT2D eigenvalue weighted by atomic mass is 10.3. The number of aryl methyl sites for hydroxylation is 1. The Morgan fingerprint density at radius 1 is 1.17 bits per heavy atom. The smallest absolute Gasteiger partial charge is 0.272 e. The van der Waals surface area contributed by atoms with Crippen molar-refractivity contribution in [1.29, 1.82) is 0 Å². The van der Waals surface area contributed by atoms with Gasteiger partial charge in [0, 0.05) is 12.7 Å². The predicted octanol–water partition coefficient (Wildman–Crippen LogP) is 2.56. The molecule has 0 aliphatic carbocycles. The van der Waals surface area contributed by atoms with Crippen LogP contribution in [0, 0.1) is 5.82 Å². The number of aromatic nitrogens is 5. The van der Waals surface area contributed by atoms with E-state index in [1.54, 1.807) is 17.1 Å². The zero-order valence-electron chi connectivity index (χ0n) is 13.6. The molecule has 3 aromatic rings. The standard InChI is InChI=1S/C13H12FN5O2S.C2H6/c1-2-18-8-10(7-16-18)13-15-9-19(17-13)22(20,21)12-5-3-11(14)4-6-12;1-2/h3-9H,2H2,1H3;1-2H3. The Morgan fingerprint density at radius 3 is 2.42 bits per heavy atom. The molecular formula is C15H18FN5O2S. The Kier molecular flexibility index (Phi) is 5.45. The summed E-state index contributed by atoms with van der Waals surface area (Å²) in [5.41, 5.74) is 0.620. The van der Waals surface area contributed by atoms with Crippen LogP contribution in [0.2, 0.25) is 0 Å². The minimum Gasteiger partial charge on any atom is -0.272 e. The Balaban J connectivity index is 0.00000100. The summed E-state index contributed by atoms with van der Waals surface area (Å²) in [4.78, 5) is 3.93. The molecule has 2 heterocycles. The summed E-state index contributed by atoms with van der Waals surface area (Å²) in [6, 6.07) is 4.52. The zero-order chi connectivity index (χ0) is 17.7. The molecule has 128 valence electrons. The molecule has 0 amide bonds. The van der Waals surface area contributed by atoms with E-state index in [2.05, 4.69) is 15.2 Å². The molecule has 0 fully saturated rings. The van der Waals surface area contributed by atoms with Crippen molar-refractivity contribution in [3.05, 3.63) is 48.8 Å². The summed E-state index contributed by atoms with van der Waals surface area (Å²) in [7, 11) is -3.89. The molecule has 0 bridgehead atoms. The van der Waals surface area contributed by atoms with Gasteiger partial charge in [0.25, 0.3) is 10.0 Å². The lowest BCUT2D eigenvalue weighted by Gasteiger charge is -2.02. The highest BCUT2D eigenvalue weighted by atomic mass is 32.2. The lowest BCUT2D eigenvalue weighted by Crippen LogP contribution is -2.13. The van der Waals surface area contributed by atoms with Crippen molar-refractivity contribution >= 4 is 10.0 Å². The zero-order valence-corrected chi connectivity index (χ0v) is 14.4. The van der Waals surface area contributed by atoms with Gasteiger partial charge >= 0.3 is 0 Å². The molecule has 3 rings (SSSR count). The first-order valence-electron chi connectivity index (χ1n) is 7.46. The minimum absolute atomic E-state index is 0.0606. The number of rotatable bonds is 4. The van der Waals surface area contributed by atoms with E-state index in [0.29, 0.717) is 12.1 Å². The molecule has 0 aliphatic rings. The van der Waals surface area contributed by atoms with Gasteiger partial charge in [0.15, 0.2) is 5.82 Å². The topological polar surface area (TPSA) is 82.7 Å². The van der Waals surface area contributed by atoms with Crippen LogP contribution >= 0.6 is 0 Å². The minimum atomic E-state index is -3.89. The molecule has 0 atom stereocenters. The fourth-order valence-electron chi connectivity index (χ4n) is 1.86. The average molecular weight is 351 g/mol. The summed E-state index contributed by atoms with van der Waals surface area (Å²) in [5, 5.41) is 8.06. The molecule has 0 aliphatic heterocycles. The Labute approximate surface area is 139 Å². The fourth-order valence-corrected chi connectivity index (χ4v) is 2.92. The van der Waals surface area contributed by atoms with Gasteiger partial charge in [-0.15, -0.1) is 9.19 Å². The molecule has 0 radical (unpaired) electrons. The third-order valence-corrected chi connectivity index (χ3v) is 4.58. The van der Waals surface area contributed by atoms with E-state index in [1.807, 2.05) is 20.8 Å². The Morgan fingerprint density at radius 2 is 1.83 bits per heavy atom. The summed E-state index contributed by atoms with van der Waals surface area (Å²) in [6.45, 7) is 6.62. The first-order valence-corrected chi connectivity index (χ1v) is 8.90. The molecule has 0 saturated carbocycles. The number of nitrogens with zero attached hydrogens (tertiary/aromatic N) is 5. The van der Waals surface area contributed by atoms with Gasteiger partial charge in [-0.25, -0.2) is 9.37 Å². The van der Waals surface area contributed by atoms with Gasteiger partial charge in [-0.3, -0.25) is 4.68 Å². The molecule has 2 aromatic heterocycles. The average Bonchev–Trinajstić information content (AvgIpc) is 3.26. The van der Waals surface area contributed by atoms with E-state index in [0.717, 1.165) is 22.5 Å². The van der Waals surface area contributed by atoms with E-state index in [1.165, 1.54) is 12.1 Å². The third kappa shape index (κ3) is 3.51. The largest absolute Gasteiger partial charge is 0.284 e. The second-order valence-corrected chi connectivity index (χ2v) is 6.28. The van der Waals surface area contributed by atoms with Gasteiger partial charge in [0.2, 0.25) is 0 Å². The van der Waals surface area contributed by atoms with Gasteiger partial charge in [0.05, 0.1) is 16.7 Å². The van der Waals surface area contributed by atoms with E-state index >= 15 is 0 Å². The molecule has 9 heteroatoms. The van der Waals surface area contributed by atoms with Crippen LogP contribution in [0.15, 0.2) is 47.9 Å². The predicted molar refractivity (Wildman–Crippen MR) is 87.2 cm³/mol. The summed E-state index contributed by atoms with van der Waals surface area (Å²) in [5.74, 6) is -0.254. The van der Waals surface area contributed by atoms with Crippen LogP contribution in [0.5, 0.6) is 0 Å². The molecule has 0 unspecified atom stereocenters. The second kappa shape index (κ2) is 7.35. The van der Waals surface area contributed by atoms with Crippen LogP contribution in [0.3, 0.4) is 0 Å². The van der Waals surface area contributed by atoms with Crippen molar-refractivity contribution in [2.24, 2.45) is 0 Å². The van der Waals surface area contributed by atoms with Crippen LogP contribution in [0.25, 0.3) is 11.4 Å². The van der Waals surface area contributed by atoms with Crippen LogP contribution in [-0.2, 0) is 16.6 Å². The second-order valence-electron chi connectivity index (χ2n) is 4.48. The summed E-state index contributed by atoms with van der Waals surface area (Å²) < 4.78 is 40.1. The van der Waals surface area contributed by atoms with Crippen LogP contribution in [0.4, 0.5) is 4.39 Å². The maximum absolute atomic E-state index is 12.9. The molecule has 1 aromatic carbocycles. The van der Waals surface area contributed by atoms with Crippen LogP contribution in [0.1, 0.15) is 20.8 Å². The van der Waals surface area contributed by atoms with E-state index in [4.69, 9.17) is 0 Å². The van der Waals surface area contributed by atoms with Crippen molar-refractivity contribution < 1.29 is 12.8 Å². The highest BCUT2D eigenvalue weighted by Gasteiger charge is 2.19. The molecule has 7 nitrogen and oxygen atoms in total. The monoisotopic (exact) mass is 351 g/mol. The van der Waals surface area contributed by atoms with Gasteiger partial charge in [-0.2, -0.15) is 13.5 Å².